The summed E-state index contributed by atoms with van der Waals surface area (Å²) in [4.78, 5) is 23.3. The van der Waals surface area contributed by atoms with Crippen LogP contribution in [0.4, 0.5) is 0 Å². The Morgan fingerprint density at radius 2 is 2.18 bits per heavy atom. The molecule has 3 nitrogen and oxygen atoms in total. The minimum absolute atomic E-state index is 0.0395. The van der Waals surface area contributed by atoms with E-state index in [2.05, 4.69) is 19.1 Å². The minimum Gasteiger partial charge on any atom is -0.303 e. The molecule has 3 heteroatoms. The first-order valence-corrected chi connectivity index (χ1v) is 7.91. The van der Waals surface area contributed by atoms with Crippen molar-refractivity contribution in [3.8, 4) is 6.07 Å². The first kappa shape index (κ1) is 15.0. The van der Waals surface area contributed by atoms with E-state index in [4.69, 9.17) is 0 Å². The monoisotopic (exact) mass is 295 g/mol. The van der Waals surface area contributed by atoms with Crippen molar-refractivity contribution in [3.05, 3.63) is 36.0 Å². The van der Waals surface area contributed by atoms with Crippen LogP contribution >= 0.6 is 0 Å². The highest BCUT2D eigenvalue weighted by molar-refractivity contribution is 6.01. The van der Waals surface area contributed by atoms with Crippen molar-refractivity contribution in [2.24, 2.45) is 28.6 Å². The van der Waals surface area contributed by atoms with Crippen LogP contribution in [0.1, 0.15) is 33.1 Å². The molecule has 0 spiro atoms. The van der Waals surface area contributed by atoms with Gasteiger partial charge in [-0.15, -0.1) is 0 Å². The lowest BCUT2D eigenvalue weighted by Crippen LogP contribution is -2.48. The van der Waals surface area contributed by atoms with Gasteiger partial charge in [-0.25, -0.2) is 0 Å². The van der Waals surface area contributed by atoms with Crippen molar-refractivity contribution < 1.29 is 9.59 Å². The second-order valence-corrected chi connectivity index (χ2v) is 7.29. The van der Waals surface area contributed by atoms with Gasteiger partial charge in [0.2, 0.25) is 0 Å². The van der Waals surface area contributed by atoms with E-state index >= 15 is 0 Å². The molecule has 0 aromatic heterocycles. The Hall–Kier alpha value is -1.95. The predicted molar refractivity (Wildman–Crippen MR) is 83.6 cm³/mol. The van der Waals surface area contributed by atoms with Crippen LogP contribution in [-0.4, -0.2) is 12.1 Å². The van der Waals surface area contributed by atoms with Gasteiger partial charge in [-0.1, -0.05) is 32.1 Å². The number of fused-ring (bicyclic) bond motifs is 3. The maximum Gasteiger partial charge on any atom is 0.178 e. The predicted octanol–water partition coefficient (Wildman–Crippen LogP) is 3.39. The van der Waals surface area contributed by atoms with Crippen LogP contribution < -0.4 is 0 Å². The summed E-state index contributed by atoms with van der Waals surface area (Å²) < 4.78 is 0. The Bertz CT molecular complexity index is 651. The summed E-state index contributed by atoms with van der Waals surface area (Å²) in [6.45, 7) is 4.16. The SMILES string of the molecule is C[C@]1(C=O)CC[C@H]2[C@@H](C=CC3=CC(=O)C=C[C@@]32C)[C@@H]1CC#N. The maximum atomic E-state index is 11.6. The fraction of sp³-hybridized carbons (Fsp3) is 0.526. The number of rotatable bonds is 2. The minimum atomic E-state index is -0.424. The molecule has 0 unspecified atom stereocenters. The normalized spacial score (nSPS) is 42.9. The summed E-state index contributed by atoms with van der Waals surface area (Å²) >= 11 is 0. The van der Waals surface area contributed by atoms with Gasteiger partial charge in [-0.2, -0.15) is 5.26 Å². The molecule has 0 radical (unpaired) electrons. The van der Waals surface area contributed by atoms with Crippen molar-refractivity contribution in [2.75, 3.05) is 0 Å². The molecular weight excluding hydrogens is 274 g/mol. The largest absolute Gasteiger partial charge is 0.303 e. The number of carbonyl (C=O) groups is 2. The van der Waals surface area contributed by atoms with E-state index in [0.717, 1.165) is 24.7 Å². The lowest BCUT2D eigenvalue weighted by Gasteiger charge is -2.53. The van der Waals surface area contributed by atoms with Crippen LogP contribution in [0.15, 0.2) is 36.0 Å². The van der Waals surface area contributed by atoms with Gasteiger partial charge in [0, 0.05) is 17.3 Å². The van der Waals surface area contributed by atoms with Crippen molar-refractivity contribution >= 4 is 12.1 Å². The van der Waals surface area contributed by atoms with Gasteiger partial charge in [-0.05, 0) is 48.3 Å². The summed E-state index contributed by atoms with van der Waals surface area (Å²) in [5.74, 6) is 0.648. The maximum absolute atomic E-state index is 11.6. The van der Waals surface area contributed by atoms with E-state index in [1.54, 1.807) is 12.2 Å². The fourth-order valence-corrected chi connectivity index (χ4v) is 4.63. The summed E-state index contributed by atoms with van der Waals surface area (Å²) in [7, 11) is 0. The molecule has 0 N–H and O–H groups in total. The second-order valence-electron chi connectivity index (χ2n) is 7.29. The van der Waals surface area contributed by atoms with Crippen LogP contribution in [-0.2, 0) is 9.59 Å². The molecule has 0 saturated heterocycles. The van der Waals surface area contributed by atoms with E-state index in [9.17, 15) is 14.9 Å². The summed E-state index contributed by atoms with van der Waals surface area (Å²) in [6.07, 6.45) is 12.8. The van der Waals surface area contributed by atoms with Gasteiger partial charge in [0.05, 0.1) is 6.07 Å². The summed E-state index contributed by atoms with van der Waals surface area (Å²) in [5.41, 5.74) is 0.477. The number of nitriles is 1. The molecule has 0 aromatic carbocycles. The van der Waals surface area contributed by atoms with Crippen molar-refractivity contribution in [1.29, 1.82) is 5.26 Å². The van der Waals surface area contributed by atoms with Crippen LogP contribution in [0.5, 0.6) is 0 Å². The van der Waals surface area contributed by atoms with Gasteiger partial charge in [0.25, 0.3) is 0 Å². The van der Waals surface area contributed by atoms with E-state index in [1.807, 2.05) is 19.1 Å². The summed E-state index contributed by atoms with van der Waals surface area (Å²) in [5, 5.41) is 9.21. The number of hydrogen-bond donors (Lipinski definition) is 0. The molecule has 1 saturated carbocycles. The highest BCUT2D eigenvalue weighted by atomic mass is 16.1. The molecule has 0 heterocycles. The number of allylic oxidation sites excluding steroid dienone is 6. The average molecular weight is 295 g/mol. The van der Waals surface area contributed by atoms with Gasteiger partial charge < -0.3 is 4.79 Å². The van der Waals surface area contributed by atoms with E-state index in [1.165, 1.54) is 0 Å². The molecule has 0 amide bonds. The molecule has 22 heavy (non-hydrogen) atoms. The van der Waals surface area contributed by atoms with Gasteiger partial charge in [-0.3, -0.25) is 4.79 Å². The Kier molecular flexibility index (Phi) is 3.44. The lowest BCUT2D eigenvalue weighted by atomic mass is 9.49. The van der Waals surface area contributed by atoms with Gasteiger partial charge >= 0.3 is 0 Å². The lowest BCUT2D eigenvalue weighted by molar-refractivity contribution is -0.123. The first-order chi connectivity index (χ1) is 10.4. The molecule has 1 fully saturated rings. The molecule has 3 aliphatic rings. The number of nitrogens with zero attached hydrogens (tertiary/aromatic N) is 1. The highest BCUT2D eigenvalue weighted by Gasteiger charge is 2.52. The van der Waals surface area contributed by atoms with Crippen LogP contribution in [0.3, 0.4) is 0 Å². The fourth-order valence-electron chi connectivity index (χ4n) is 4.63. The van der Waals surface area contributed by atoms with Crippen LogP contribution in [0, 0.1) is 39.9 Å². The molecule has 0 aliphatic heterocycles. The van der Waals surface area contributed by atoms with E-state index in [0.29, 0.717) is 12.3 Å². The van der Waals surface area contributed by atoms with Crippen molar-refractivity contribution in [2.45, 2.75) is 33.1 Å². The van der Waals surface area contributed by atoms with Crippen LogP contribution in [0.2, 0.25) is 0 Å². The summed E-state index contributed by atoms with van der Waals surface area (Å²) in [6, 6.07) is 2.27. The number of carbonyl (C=O) groups excluding carboxylic acids is 2. The zero-order valence-corrected chi connectivity index (χ0v) is 13.1. The zero-order valence-electron chi connectivity index (χ0n) is 13.1. The Balaban J connectivity index is 2.05. The first-order valence-electron chi connectivity index (χ1n) is 7.91. The second kappa shape index (κ2) is 5.05. The third kappa shape index (κ3) is 2.01. The Morgan fingerprint density at radius 1 is 1.41 bits per heavy atom. The van der Waals surface area contributed by atoms with Gasteiger partial charge in [0.1, 0.15) is 6.29 Å². The Labute approximate surface area is 131 Å². The standard InChI is InChI=1S/C19H21NO2/c1-18(12-21)8-6-17-15(16(18)7-10-20)4-3-13-11-14(22)5-9-19(13,17)2/h3-5,9,11-12,15-17H,6-8H2,1-2H3/t15-,16-,17-,18+,19-/m0/s1. The average Bonchev–Trinajstić information content (AvgIpc) is 2.51. The molecule has 114 valence electrons. The molecule has 3 rings (SSSR count). The number of hydrogen-bond acceptors (Lipinski definition) is 3. The number of ketones is 1. The molecule has 0 bridgehead atoms. The molecular formula is C19H21NO2. The van der Waals surface area contributed by atoms with Crippen LogP contribution in [0.25, 0.3) is 0 Å². The van der Waals surface area contributed by atoms with E-state index < -0.39 is 5.41 Å². The molecule has 3 aliphatic carbocycles. The number of aldehydes is 1. The molecule has 0 aromatic rings. The topological polar surface area (TPSA) is 57.9 Å². The zero-order chi connectivity index (χ0) is 16.0. The van der Waals surface area contributed by atoms with E-state index in [-0.39, 0.29) is 23.0 Å². The van der Waals surface area contributed by atoms with Gasteiger partial charge in [0.15, 0.2) is 5.78 Å². The van der Waals surface area contributed by atoms with Crippen molar-refractivity contribution in [3.63, 3.8) is 0 Å². The third-order valence-electron chi connectivity index (χ3n) is 6.13. The quantitative estimate of drug-likeness (QED) is 0.734. The Morgan fingerprint density at radius 3 is 2.86 bits per heavy atom. The highest BCUT2D eigenvalue weighted by Crippen LogP contribution is 2.58. The van der Waals surface area contributed by atoms with Crippen molar-refractivity contribution in [1.82, 2.24) is 0 Å². The third-order valence-corrected chi connectivity index (χ3v) is 6.13. The molecule has 5 atom stereocenters. The smallest absolute Gasteiger partial charge is 0.178 e.